The first-order valence-electron chi connectivity index (χ1n) is 12.9. The summed E-state index contributed by atoms with van der Waals surface area (Å²) in [6, 6.07) is 10.6. The number of primary amides is 1. The molecule has 1 aliphatic carbocycles. The highest BCUT2D eigenvalue weighted by atomic mass is 16.6. The fourth-order valence-electron chi connectivity index (χ4n) is 5.46. The summed E-state index contributed by atoms with van der Waals surface area (Å²) in [5.41, 5.74) is 5.54. The van der Waals surface area contributed by atoms with E-state index in [2.05, 4.69) is 35.8 Å². The van der Waals surface area contributed by atoms with Gasteiger partial charge in [-0.05, 0) is 51.7 Å². The number of hydrogen-bond acceptors (Lipinski definition) is 6. The number of nitrogens with two attached hydrogens (primary N) is 1. The number of carbonyl (C=O) groups excluding carboxylic acids is 3. The lowest BCUT2D eigenvalue weighted by Gasteiger charge is -2.42. The van der Waals surface area contributed by atoms with Gasteiger partial charge in [-0.3, -0.25) is 14.5 Å². The first kappa shape index (κ1) is 25.3. The number of carbonyl (C=O) groups is 3. The van der Waals surface area contributed by atoms with Crippen molar-refractivity contribution in [3.8, 4) is 0 Å². The smallest absolute Gasteiger partial charge is 0.410 e. The molecule has 1 saturated carbocycles. The van der Waals surface area contributed by atoms with E-state index >= 15 is 0 Å². The Morgan fingerprint density at radius 2 is 1.46 bits per heavy atom. The van der Waals surface area contributed by atoms with E-state index in [0.717, 1.165) is 31.9 Å². The van der Waals surface area contributed by atoms with E-state index in [1.807, 2.05) is 23.1 Å². The van der Waals surface area contributed by atoms with Crippen molar-refractivity contribution in [1.29, 1.82) is 0 Å². The van der Waals surface area contributed by atoms with Crippen LogP contribution in [0.15, 0.2) is 30.3 Å². The first-order chi connectivity index (χ1) is 16.8. The van der Waals surface area contributed by atoms with Gasteiger partial charge in [-0.25, -0.2) is 4.79 Å². The van der Waals surface area contributed by atoms with Gasteiger partial charge in [0.25, 0.3) is 5.91 Å². The zero-order valence-electron chi connectivity index (χ0n) is 21.0. The van der Waals surface area contributed by atoms with Crippen LogP contribution in [-0.4, -0.2) is 96.6 Å². The Balaban J connectivity index is 1.28. The predicted octanol–water partition coefficient (Wildman–Crippen LogP) is 1.91. The van der Waals surface area contributed by atoms with E-state index in [4.69, 9.17) is 10.5 Å². The van der Waals surface area contributed by atoms with Crippen molar-refractivity contribution in [2.75, 3.05) is 57.3 Å². The average Bonchev–Trinajstić information content (AvgIpc) is 2.89. The lowest BCUT2D eigenvalue weighted by molar-refractivity contribution is -0.148. The third kappa shape index (κ3) is 5.72. The molecule has 9 nitrogen and oxygen atoms in total. The minimum Gasteiger partial charge on any atom is -0.433 e. The van der Waals surface area contributed by atoms with Gasteiger partial charge in [-0.2, -0.15) is 0 Å². The molecule has 2 aliphatic heterocycles. The van der Waals surface area contributed by atoms with Gasteiger partial charge in [0.2, 0.25) is 5.91 Å². The number of anilines is 1. The molecular weight excluding hydrogens is 446 g/mol. The van der Waals surface area contributed by atoms with Crippen LogP contribution in [0, 0.1) is 5.92 Å². The van der Waals surface area contributed by atoms with Gasteiger partial charge < -0.3 is 25.2 Å². The number of nitrogens with zero attached hydrogens (tertiary/aromatic N) is 4. The average molecular weight is 486 g/mol. The van der Waals surface area contributed by atoms with Gasteiger partial charge >= 0.3 is 6.09 Å². The molecule has 192 valence electrons. The fourth-order valence-corrected chi connectivity index (χ4v) is 5.46. The highest BCUT2D eigenvalue weighted by Gasteiger charge is 2.47. The second-order valence-electron chi connectivity index (χ2n) is 10.3. The van der Waals surface area contributed by atoms with Crippen molar-refractivity contribution >= 4 is 23.6 Å². The summed E-state index contributed by atoms with van der Waals surface area (Å²) in [6.07, 6.45) is 1.09. The highest BCUT2D eigenvalue weighted by Crippen LogP contribution is 2.36. The topological polar surface area (TPSA) is 99.4 Å². The summed E-state index contributed by atoms with van der Waals surface area (Å²) in [5.74, 6) is -0.624. The van der Waals surface area contributed by atoms with Crippen molar-refractivity contribution in [1.82, 2.24) is 14.7 Å². The van der Waals surface area contributed by atoms with E-state index in [1.54, 1.807) is 4.90 Å². The molecule has 0 bridgehead atoms. The van der Waals surface area contributed by atoms with Gasteiger partial charge in [0, 0.05) is 70.0 Å². The number of hydrogen-bond donors (Lipinski definition) is 1. The Kier molecular flexibility index (Phi) is 7.84. The van der Waals surface area contributed by atoms with Crippen molar-refractivity contribution in [3.05, 3.63) is 30.3 Å². The molecule has 0 aromatic heterocycles. The molecule has 3 aliphatic rings. The monoisotopic (exact) mass is 485 g/mol. The van der Waals surface area contributed by atoms with Gasteiger partial charge in [0.15, 0.2) is 5.60 Å². The molecule has 2 N–H and O–H groups in total. The van der Waals surface area contributed by atoms with Crippen molar-refractivity contribution in [2.24, 2.45) is 11.7 Å². The third-order valence-corrected chi connectivity index (χ3v) is 7.89. The van der Waals surface area contributed by atoms with Crippen LogP contribution >= 0.6 is 0 Å². The maximum atomic E-state index is 13.1. The molecule has 1 aromatic carbocycles. The van der Waals surface area contributed by atoms with Crippen LogP contribution in [0.3, 0.4) is 0 Å². The molecule has 0 radical (unpaired) electrons. The zero-order chi connectivity index (χ0) is 25.0. The quantitative estimate of drug-likeness (QED) is 0.684. The normalized spacial score (nSPS) is 26.0. The molecule has 0 unspecified atom stereocenters. The highest BCUT2D eigenvalue weighted by molar-refractivity contribution is 5.87. The summed E-state index contributed by atoms with van der Waals surface area (Å²) < 4.78 is 5.80. The molecule has 3 amide bonds. The SMILES string of the molecule is CC(C)N1CCN(C(=O)C2CCC(OC(=O)N3CCN(c4ccccc4)CC3)(C(N)=O)CC2)CC1. The van der Waals surface area contributed by atoms with Crippen LogP contribution in [0.5, 0.6) is 0 Å². The van der Waals surface area contributed by atoms with Crippen molar-refractivity contribution in [3.63, 3.8) is 0 Å². The number of para-hydroxylation sites is 1. The maximum Gasteiger partial charge on any atom is 0.410 e. The Bertz CT molecular complexity index is 884. The van der Waals surface area contributed by atoms with Crippen molar-refractivity contribution in [2.45, 2.75) is 51.2 Å². The van der Waals surface area contributed by atoms with Crippen LogP contribution in [0.2, 0.25) is 0 Å². The van der Waals surface area contributed by atoms with E-state index in [1.165, 1.54) is 0 Å². The van der Waals surface area contributed by atoms with Crippen LogP contribution in [0.25, 0.3) is 0 Å². The molecule has 35 heavy (non-hydrogen) atoms. The molecule has 4 rings (SSSR count). The van der Waals surface area contributed by atoms with Gasteiger partial charge in [-0.1, -0.05) is 18.2 Å². The molecule has 3 fully saturated rings. The second kappa shape index (κ2) is 10.8. The summed E-state index contributed by atoms with van der Waals surface area (Å²) in [7, 11) is 0. The largest absolute Gasteiger partial charge is 0.433 e. The van der Waals surface area contributed by atoms with E-state index in [9.17, 15) is 14.4 Å². The third-order valence-electron chi connectivity index (χ3n) is 7.89. The van der Waals surface area contributed by atoms with Crippen LogP contribution < -0.4 is 10.6 Å². The Morgan fingerprint density at radius 3 is 2.00 bits per heavy atom. The summed E-state index contributed by atoms with van der Waals surface area (Å²) in [4.78, 5) is 46.7. The number of rotatable bonds is 5. The lowest BCUT2D eigenvalue weighted by atomic mass is 9.77. The van der Waals surface area contributed by atoms with Gasteiger partial charge in [-0.15, -0.1) is 0 Å². The number of amides is 3. The molecule has 1 aromatic rings. The van der Waals surface area contributed by atoms with E-state index < -0.39 is 17.6 Å². The maximum absolute atomic E-state index is 13.1. The molecule has 0 spiro atoms. The van der Waals surface area contributed by atoms with Gasteiger partial charge in [0.05, 0.1) is 0 Å². The number of ether oxygens (including phenoxy) is 1. The summed E-state index contributed by atoms with van der Waals surface area (Å²) in [5, 5.41) is 0. The molecule has 2 heterocycles. The first-order valence-corrected chi connectivity index (χ1v) is 12.9. The molecule has 2 saturated heterocycles. The number of piperazine rings is 2. The van der Waals surface area contributed by atoms with E-state index in [-0.39, 0.29) is 11.8 Å². The molecule has 9 heteroatoms. The van der Waals surface area contributed by atoms with E-state index in [0.29, 0.717) is 57.9 Å². The standard InChI is InChI=1S/C26H39N5O4/c1-20(2)28-12-16-30(17-13-28)23(32)21-8-10-26(11-9-21,24(27)33)35-25(34)31-18-14-29(15-19-31)22-6-4-3-5-7-22/h3-7,20-21H,8-19H2,1-2H3,(H2,27,33). The zero-order valence-corrected chi connectivity index (χ0v) is 21.0. The predicted molar refractivity (Wildman–Crippen MR) is 134 cm³/mol. The lowest BCUT2D eigenvalue weighted by Crippen LogP contribution is -2.56. The Labute approximate surface area is 208 Å². The molecular formula is C26H39N5O4. The van der Waals surface area contributed by atoms with Crippen LogP contribution in [0.1, 0.15) is 39.5 Å². The summed E-state index contributed by atoms with van der Waals surface area (Å²) in [6.45, 7) is 10.0. The van der Waals surface area contributed by atoms with Crippen LogP contribution in [0.4, 0.5) is 10.5 Å². The minimum absolute atomic E-state index is 0.148. The van der Waals surface area contributed by atoms with Crippen molar-refractivity contribution < 1.29 is 19.1 Å². The summed E-state index contributed by atoms with van der Waals surface area (Å²) >= 11 is 0. The molecule has 0 atom stereocenters. The fraction of sp³-hybridized carbons (Fsp3) is 0.654. The minimum atomic E-state index is -1.33. The van der Waals surface area contributed by atoms with Crippen LogP contribution in [-0.2, 0) is 14.3 Å². The Morgan fingerprint density at radius 1 is 0.886 bits per heavy atom. The Hall–Kier alpha value is -2.81. The second-order valence-corrected chi connectivity index (χ2v) is 10.3. The van der Waals surface area contributed by atoms with Gasteiger partial charge in [0.1, 0.15) is 0 Å². The number of benzene rings is 1.